The molecule has 1 aliphatic rings. The Morgan fingerprint density at radius 1 is 1.40 bits per heavy atom. The number of rotatable bonds is 2. The molecule has 1 N–H and O–H groups in total. The van der Waals surface area contributed by atoms with Gasteiger partial charge in [0.2, 0.25) is 0 Å². The Labute approximate surface area is 123 Å². The Balaban J connectivity index is 1.93. The Morgan fingerprint density at radius 3 is 2.80 bits per heavy atom. The summed E-state index contributed by atoms with van der Waals surface area (Å²) in [5.74, 6) is 0.0803. The SMILES string of the molecule is CC1(C)CC(C(O)c2cnc3ccsc3c2)C(C)(C)O1. The first-order valence-electron chi connectivity index (χ1n) is 7.00. The molecule has 1 saturated heterocycles. The smallest absolute Gasteiger partial charge is 0.0861 e. The van der Waals surface area contributed by atoms with Crippen LogP contribution in [0.4, 0.5) is 0 Å². The number of aromatic nitrogens is 1. The number of ether oxygens (including phenoxy) is 1. The van der Waals surface area contributed by atoms with E-state index in [9.17, 15) is 5.11 Å². The van der Waals surface area contributed by atoms with E-state index in [0.29, 0.717) is 0 Å². The van der Waals surface area contributed by atoms with Crippen LogP contribution in [0.5, 0.6) is 0 Å². The van der Waals surface area contributed by atoms with Crippen LogP contribution in [0.1, 0.15) is 45.8 Å². The first kappa shape index (κ1) is 14.0. The number of nitrogens with zero attached hydrogens (tertiary/aromatic N) is 1. The quantitative estimate of drug-likeness (QED) is 0.911. The third kappa shape index (κ3) is 2.36. The van der Waals surface area contributed by atoms with Gasteiger partial charge in [-0.25, -0.2) is 0 Å². The van der Waals surface area contributed by atoms with Crippen LogP contribution in [-0.2, 0) is 4.74 Å². The number of hydrogen-bond donors (Lipinski definition) is 1. The molecule has 0 aromatic carbocycles. The minimum absolute atomic E-state index is 0.0803. The molecule has 2 aromatic rings. The lowest BCUT2D eigenvalue weighted by Gasteiger charge is -2.30. The normalized spacial score (nSPS) is 25.9. The molecular formula is C16H21NO2S. The number of aliphatic hydroxyl groups is 1. The highest BCUT2D eigenvalue weighted by molar-refractivity contribution is 7.17. The van der Waals surface area contributed by atoms with E-state index in [1.54, 1.807) is 17.5 Å². The molecular weight excluding hydrogens is 270 g/mol. The van der Waals surface area contributed by atoms with Crippen molar-refractivity contribution in [3.05, 3.63) is 29.3 Å². The fourth-order valence-electron chi connectivity index (χ4n) is 3.35. The van der Waals surface area contributed by atoms with Crippen molar-refractivity contribution in [3.8, 4) is 0 Å². The van der Waals surface area contributed by atoms with Gasteiger partial charge in [0.05, 0.1) is 27.5 Å². The lowest BCUT2D eigenvalue weighted by molar-refractivity contribution is -0.0880. The largest absolute Gasteiger partial charge is 0.388 e. The Kier molecular flexibility index (Phi) is 3.16. The lowest BCUT2D eigenvalue weighted by atomic mass is 9.81. The van der Waals surface area contributed by atoms with Gasteiger partial charge in [0.1, 0.15) is 0 Å². The molecule has 1 aliphatic heterocycles. The summed E-state index contributed by atoms with van der Waals surface area (Å²) in [6.07, 6.45) is 2.11. The molecule has 2 unspecified atom stereocenters. The maximum absolute atomic E-state index is 10.8. The maximum atomic E-state index is 10.8. The molecule has 20 heavy (non-hydrogen) atoms. The molecule has 3 heterocycles. The van der Waals surface area contributed by atoms with Gasteiger partial charge in [-0.3, -0.25) is 4.98 Å². The summed E-state index contributed by atoms with van der Waals surface area (Å²) in [6, 6.07) is 4.06. The van der Waals surface area contributed by atoms with E-state index in [4.69, 9.17) is 4.74 Å². The molecule has 3 nitrogen and oxygen atoms in total. The predicted octanol–water partition coefficient (Wildman–Crippen LogP) is 3.92. The van der Waals surface area contributed by atoms with Crippen molar-refractivity contribution in [2.45, 2.75) is 51.4 Å². The van der Waals surface area contributed by atoms with E-state index in [2.05, 4.69) is 38.7 Å². The van der Waals surface area contributed by atoms with Gasteiger partial charge in [-0.05, 0) is 51.6 Å². The molecule has 0 saturated carbocycles. The fourth-order valence-corrected chi connectivity index (χ4v) is 4.14. The first-order valence-corrected chi connectivity index (χ1v) is 7.88. The van der Waals surface area contributed by atoms with Crippen molar-refractivity contribution in [1.82, 2.24) is 4.98 Å². The molecule has 1 fully saturated rings. The van der Waals surface area contributed by atoms with E-state index in [1.807, 2.05) is 11.4 Å². The zero-order chi connectivity index (χ0) is 14.5. The summed E-state index contributed by atoms with van der Waals surface area (Å²) in [5, 5.41) is 12.8. The van der Waals surface area contributed by atoms with E-state index >= 15 is 0 Å². The van der Waals surface area contributed by atoms with Crippen LogP contribution in [0.2, 0.25) is 0 Å². The Bertz CT molecular complexity index is 632. The fraction of sp³-hybridized carbons (Fsp3) is 0.562. The molecule has 3 rings (SSSR count). The molecule has 2 atom stereocenters. The molecule has 108 valence electrons. The maximum Gasteiger partial charge on any atom is 0.0861 e. The van der Waals surface area contributed by atoms with Crippen LogP contribution < -0.4 is 0 Å². The molecule has 0 amide bonds. The lowest BCUT2D eigenvalue weighted by Crippen LogP contribution is -2.32. The Morgan fingerprint density at radius 2 is 2.15 bits per heavy atom. The summed E-state index contributed by atoms with van der Waals surface area (Å²) < 4.78 is 7.21. The van der Waals surface area contributed by atoms with Crippen LogP contribution in [-0.4, -0.2) is 21.3 Å². The average molecular weight is 291 g/mol. The topological polar surface area (TPSA) is 42.4 Å². The van der Waals surface area contributed by atoms with Crippen molar-refractivity contribution >= 4 is 21.6 Å². The highest BCUT2D eigenvalue weighted by Crippen LogP contribution is 2.47. The van der Waals surface area contributed by atoms with Crippen LogP contribution in [0.15, 0.2) is 23.7 Å². The average Bonchev–Trinajstić information content (AvgIpc) is 2.88. The van der Waals surface area contributed by atoms with Gasteiger partial charge < -0.3 is 9.84 Å². The highest BCUT2D eigenvalue weighted by Gasteiger charge is 2.49. The number of hydrogen-bond acceptors (Lipinski definition) is 4. The van der Waals surface area contributed by atoms with Crippen LogP contribution >= 0.6 is 11.3 Å². The summed E-state index contributed by atoms with van der Waals surface area (Å²) in [6.45, 7) is 8.30. The molecule has 0 aliphatic carbocycles. The first-order chi connectivity index (χ1) is 9.28. The summed E-state index contributed by atoms with van der Waals surface area (Å²) in [4.78, 5) is 4.43. The second-order valence-electron chi connectivity index (χ2n) is 6.79. The zero-order valence-corrected chi connectivity index (χ0v) is 13.2. The van der Waals surface area contributed by atoms with Crippen molar-refractivity contribution in [2.24, 2.45) is 5.92 Å². The van der Waals surface area contributed by atoms with Crippen molar-refractivity contribution < 1.29 is 9.84 Å². The second kappa shape index (κ2) is 4.52. The third-order valence-corrected chi connectivity index (χ3v) is 5.04. The van der Waals surface area contributed by atoms with Gasteiger partial charge in [0, 0.05) is 17.7 Å². The minimum atomic E-state index is -0.536. The summed E-state index contributed by atoms with van der Waals surface area (Å²) in [5.41, 5.74) is 1.37. The zero-order valence-electron chi connectivity index (χ0n) is 12.4. The number of aliphatic hydroxyl groups excluding tert-OH is 1. The molecule has 0 spiro atoms. The van der Waals surface area contributed by atoms with E-state index < -0.39 is 6.10 Å². The third-order valence-electron chi connectivity index (χ3n) is 4.19. The van der Waals surface area contributed by atoms with Gasteiger partial charge in [0.25, 0.3) is 0 Å². The number of fused-ring (bicyclic) bond motifs is 1. The standard InChI is InChI=1S/C16H21NO2S/c1-15(2)8-11(16(3,4)19-15)14(18)10-7-13-12(17-9-10)5-6-20-13/h5-7,9,11,14,18H,8H2,1-4H3. The molecule has 2 aromatic heterocycles. The van der Waals surface area contributed by atoms with E-state index in [-0.39, 0.29) is 17.1 Å². The van der Waals surface area contributed by atoms with Gasteiger partial charge >= 0.3 is 0 Å². The van der Waals surface area contributed by atoms with Crippen molar-refractivity contribution in [2.75, 3.05) is 0 Å². The number of pyridine rings is 1. The van der Waals surface area contributed by atoms with Gasteiger partial charge in [-0.2, -0.15) is 0 Å². The summed E-state index contributed by atoms with van der Waals surface area (Å²) in [7, 11) is 0. The van der Waals surface area contributed by atoms with Gasteiger partial charge in [-0.15, -0.1) is 11.3 Å². The number of thiophene rings is 1. The second-order valence-corrected chi connectivity index (χ2v) is 7.74. The molecule has 4 heteroatoms. The van der Waals surface area contributed by atoms with Crippen LogP contribution in [0, 0.1) is 5.92 Å². The molecule has 0 radical (unpaired) electrons. The Hall–Kier alpha value is -0.970. The van der Waals surface area contributed by atoms with Gasteiger partial charge in [-0.1, -0.05) is 0 Å². The highest BCUT2D eigenvalue weighted by atomic mass is 32.1. The van der Waals surface area contributed by atoms with Crippen molar-refractivity contribution in [1.29, 1.82) is 0 Å². The predicted molar refractivity (Wildman–Crippen MR) is 81.9 cm³/mol. The monoisotopic (exact) mass is 291 g/mol. The molecule has 0 bridgehead atoms. The van der Waals surface area contributed by atoms with E-state index in [0.717, 1.165) is 22.2 Å². The van der Waals surface area contributed by atoms with E-state index in [1.165, 1.54) is 0 Å². The van der Waals surface area contributed by atoms with Crippen molar-refractivity contribution in [3.63, 3.8) is 0 Å². The summed E-state index contributed by atoms with van der Waals surface area (Å²) >= 11 is 1.66. The minimum Gasteiger partial charge on any atom is -0.388 e. The van der Waals surface area contributed by atoms with Crippen LogP contribution in [0.25, 0.3) is 10.2 Å². The van der Waals surface area contributed by atoms with Crippen LogP contribution in [0.3, 0.4) is 0 Å². The van der Waals surface area contributed by atoms with Gasteiger partial charge in [0.15, 0.2) is 0 Å².